The van der Waals surface area contributed by atoms with Gasteiger partial charge in [-0.25, -0.2) is 13.2 Å². The van der Waals surface area contributed by atoms with Crippen molar-refractivity contribution in [2.45, 2.75) is 12.4 Å². The Hall–Kier alpha value is -1.32. The number of hydrogen-bond donors (Lipinski definition) is 1. The zero-order valence-corrected chi connectivity index (χ0v) is 13.3. The van der Waals surface area contributed by atoms with Crippen LogP contribution in [0.1, 0.15) is 17.3 Å². The molecule has 10 heteroatoms. The van der Waals surface area contributed by atoms with Gasteiger partial charge >= 0.3 is 32.7 Å². The molecule has 5 nitrogen and oxygen atoms in total. The molecule has 0 amide bonds. The van der Waals surface area contributed by atoms with Crippen LogP contribution >= 0.6 is 0 Å². The number of hydrogen-bond acceptors (Lipinski definition) is 4. The van der Waals surface area contributed by atoms with E-state index in [4.69, 9.17) is 18.1 Å². The largest absolute Gasteiger partial charge is 0.741 e. The summed E-state index contributed by atoms with van der Waals surface area (Å²) in [6.07, 6.45) is 0. The van der Waals surface area contributed by atoms with E-state index in [9.17, 15) is 18.0 Å². The lowest BCUT2D eigenvalue weighted by molar-refractivity contribution is -0.535. The number of alkyl halides is 3. The molecule has 0 unspecified atom stereocenters. The van der Waals surface area contributed by atoms with Gasteiger partial charge in [0.15, 0.2) is 14.0 Å². The number of rotatable bonds is 2. The van der Waals surface area contributed by atoms with Gasteiger partial charge in [0.2, 0.25) is 3.57 Å². The van der Waals surface area contributed by atoms with Gasteiger partial charge in [0.1, 0.15) is 5.56 Å². The molecule has 21 heavy (non-hydrogen) atoms. The Morgan fingerprint density at radius 3 is 2.19 bits per heavy atom. The van der Waals surface area contributed by atoms with Crippen molar-refractivity contribution >= 4 is 16.1 Å². The smallest absolute Gasteiger partial charge is 0.485 e. The minimum atomic E-state index is -6.09. The van der Waals surface area contributed by atoms with Crippen LogP contribution in [0.4, 0.5) is 13.2 Å². The SMILES string of the molecule is CC#C[I+]c1ccccc1C(=O)O.O=S(=O)([O-])C(F)(F)F. The molecule has 116 valence electrons. The summed E-state index contributed by atoms with van der Waals surface area (Å²) in [5.74, 6) is 1.92. The molecule has 1 rings (SSSR count). The fourth-order valence-electron chi connectivity index (χ4n) is 0.815. The Kier molecular flexibility index (Phi) is 7.69. The van der Waals surface area contributed by atoms with E-state index >= 15 is 0 Å². The molecule has 0 saturated heterocycles. The van der Waals surface area contributed by atoms with Crippen molar-refractivity contribution in [3.05, 3.63) is 33.4 Å². The molecule has 0 saturated carbocycles. The topological polar surface area (TPSA) is 94.5 Å². The Morgan fingerprint density at radius 1 is 1.33 bits per heavy atom. The molecular weight excluding hydrogens is 428 g/mol. The van der Waals surface area contributed by atoms with E-state index in [0.29, 0.717) is 5.56 Å². The van der Waals surface area contributed by atoms with Crippen molar-refractivity contribution in [3.8, 4) is 9.85 Å². The standard InChI is InChI=1S/C10H7IO2.CHF3O3S/c1-2-7-11-9-6-4-3-5-8(9)10(12)13;2-1(3,4)8(5,6)7/h3-6H,1H3;(H,5,6,7). The Labute approximate surface area is 129 Å². The maximum atomic E-state index is 10.8. The fraction of sp³-hybridized carbons (Fsp3) is 0.182. The Bertz CT molecular complexity index is 658. The van der Waals surface area contributed by atoms with E-state index in [0.717, 1.165) is 3.57 Å². The second kappa shape index (κ2) is 8.20. The van der Waals surface area contributed by atoms with E-state index in [1.54, 1.807) is 19.1 Å². The Morgan fingerprint density at radius 2 is 1.81 bits per heavy atom. The third-order valence-corrected chi connectivity index (χ3v) is 4.53. The highest BCUT2D eigenvalue weighted by Gasteiger charge is 2.36. The van der Waals surface area contributed by atoms with E-state index in [2.05, 4.69) is 9.85 Å². The van der Waals surface area contributed by atoms with Crippen LogP contribution in [0.3, 0.4) is 0 Å². The van der Waals surface area contributed by atoms with Crippen LogP contribution in [0.2, 0.25) is 0 Å². The lowest BCUT2D eigenvalue weighted by Crippen LogP contribution is -3.59. The van der Waals surface area contributed by atoms with E-state index in [1.165, 1.54) is 0 Å². The number of carboxylic acids is 1. The molecule has 0 aromatic heterocycles. The molecule has 0 aliphatic heterocycles. The molecule has 0 radical (unpaired) electrons. The second-order valence-electron chi connectivity index (χ2n) is 3.12. The molecule has 1 aromatic rings. The first-order valence-corrected chi connectivity index (χ1v) is 8.47. The van der Waals surface area contributed by atoms with Crippen molar-refractivity contribution in [3.63, 3.8) is 0 Å². The molecule has 1 aromatic carbocycles. The summed E-state index contributed by atoms with van der Waals surface area (Å²) in [6, 6.07) is 7.03. The molecular formula is C11H8F3IO5S. The van der Waals surface area contributed by atoms with Crippen LogP contribution in [-0.2, 0) is 10.1 Å². The summed E-state index contributed by atoms with van der Waals surface area (Å²) in [7, 11) is -6.09. The first kappa shape index (κ1) is 19.7. The van der Waals surface area contributed by atoms with Crippen molar-refractivity contribution in [1.82, 2.24) is 0 Å². The molecule has 0 aliphatic carbocycles. The van der Waals surface area contributed by atoms with Crippen LogP contribution in [-0.4, -0.2) is 29.6 Å². The van der Waals surface area contributed by atoms with Crippen LogP contribution in [0, 0.1) is 13.4 Å². The van der Waals surface area contributed by atoms with Crippen LogP contribution < -0.4 is 21.2 Å². The summed E-state index contributed by atoms with van der Waals surface area (Å²) < 4.78 is 62.7. The average Bonchev–Trinajstić information content (AvgIpc) is 2.35. The highest BCUT2D eigenvalue weighted by Crippen LogP contribution is 2.20. The monoisotopic (exact) mass is 436 g/mol. The predicted molar refractivity (Wildman–Crippen MR) is 61.3 cm³/mol. The van der Waals surface area contributed by atoms with Crippen molar-refractivity contribution in [2.75, 3.05) is 0 Å². The first-order valence-electron chi connectivity index (χ1n) is 4.90. The van der Waals surface area contributed by atoms with Crippen LogP contribution in [0.15, 0.2) is 24.3 Å². The van der Waals surface area contributed by atoms with Crippen LogP contribution in [0.25, 0.3) is 0 Å². The third kappa shape index (κ3) is 7.30. The summed E-state index contributed by atoms with van der Waals surface area (Å²) in [5.41, 5.74) is -5.26. The van der Waals surface area contributed by atoms with Gasteiger partial charge in [-0.15, -0.1) is 0 Å². The number of halogens is 4. The van der Waals surface area contributed by atoms with Crippen molar-refractivity contribution in [1.29, 1.82) is 0 Å². The van der Waals surface area contributed by atoms with Gasteiger partial charge < -0.3 is 9.66 Å². The van der Waals surface area contributed by atoms with E-state index < -0.39 is 42.8 Å². The summed E-state index contributed by atoms with van der Waals surface area (Å²) in [5, 5.41) is 8.83. The van der Waals surface area contributed by atoms with Gasteiger partial charge in [0, 0.05) is 6.92 Å². The number of benzene rings is 1. The molecule has 1 N–H and O–H groups in total. The van der Waals surface area contributed by atoms with E-state index in [1.807, 2.05) is 12.1 Å². The number of aromatic carboxylic acids is 1. The summed E-state index contributed by atoms with van der Waals surface area (Å²) in [4.78, 5) is 10.8. The molecule has 0 atom stereocenters. The molecule has 0 aliphatic rings. The highest BCUT2D eigenvalue weighted by molar-refractivity contribution is 7.86. The first-order chi connectivity index (χ1) is 9.50. The van der Waals surface area contributed by atoms with Gasteiger partial charge in [-0.3, -0.25) is 0 Å². The van der Waals surface area contributed by atoms with Crippen molar-refractivity contribution < 1.29 is 57.2 Å². The quantitative estimate of drug-likeness (QED) is 0.269. The fourth-order valence-corrected chi connectivity index (χ4v) is 2.46. The molecule has 0 spiro atoms. The lowest BCUT2D eigenvalue weighted by atomic mass is 10.2. The lowest BCUT2D eigenvalue weighted by Gasteiger charge is -2.08. The van der Waals surface area contributed by atoms with Gasteiger partial charge in [-0.1, -0.05) is 18.1 Å². The van der Waals surface area contributed by atoms with Gasteiger partial charge in [-0.2, -0.15) is 13.2 Å². The Balaban J connectivity index is 0.000000433. The zero-order valence-electron chi connectivity index (χ0n) is 10.3. The maximum Gasteiger partial charge on any atom is 0.485 e. The summed E-state index contributed by atoms with van der Waals surface area (Å²) >= 11 is -0.470. The normalized spacial score (nSPS) is 10.7. The second-order valence-corrected chi connectivity index (χ2v) is 6.74. The van der Waals surface area contributed by atoms with Crippen molar-refractivity contribution in [2.24, 2.45) is 0 Å². The molecule has 0 bridgehead atoms. The zero-order chi connectivity index (χ0) is 16.7. The molecule has 0 heterocycles. The number of carboxylic acid groups (broad SMARTS) is 1. The maximum absolute atomic E-state index is 10.8. The summed E-state index contributed by atoms with van der Waals surface area (Å²) in [6.45, 7) is 1.77. The third-order valence-electron chi connectivity index (χ3n) is 1.63. The van der Waals surface area contributed by atoms with Gasteiger partial charge in [0.05, 0.1) is 0 Å². The minimum absolute atomic E-state index is 0.387. The van der Waals surface area contributed by atoms with Crippen LogP contribution in [0.5, 0.6) is 0 Å². The minimum Gasteiger partial charge on any atom is -0.741 e. The van der Waals surface area contributed by atoms with E-state index in [-0.39, 0.29) is 0 Å². The number of carbonyl (C=O) groups is 1. The van der Waals surface area contributed by atoms with Gasteiger partial charge in [0.25, 0.3) is 0 Å². The predicted octanol–water partition coefficient (Wildman–Crippen LogP) is -1.32. The average molecular weight is 436 g/mol. The molecule has 0 fully saturated rings. The highest BCUT2D eigenvalue weighted by atomic mass is 127. The van der Waals surface area contributed by atoms with Gasteiger partial charge in [-0.05, 0) is 12.1 Å².